The minimum Gasteiger partial charge on any atom is -0.429 e. The van der Waals surface area contributed by atoms with Crippen molar-refractivity contribution in [3.63, 3.8) is 0 Å². The van der Waals surface area contributed by atoms with Crippen LogP contribution in [-0.4, -0.2) is 5.97 Å². The fraction of sp³-hybridized carbons (Fsp3) is 0.250. The molecular formula is C12H12O2. The van der Waals surface area contributed by atoms with Crippen molar-refractivity contribution in [2.24, 2.45) is 5.92 Å². The van der Waals surface area contributed by atoms with Gasteiger partial charge in [0.1, 0.15) is 11.7 Å². The molecule has 1 fully saturated rings. The van der Waals surface area contributed by atoms with E-state index in [1.54, 1.807) is 0 Å². The Balaban J connectivity index is 2.33. The van der Waals surface area contributed by atoms with Crippen LogP contribution in [0, 0.1) is 5.92 Å². The molecule has 0 N–H and O–H groups in total. The van der Waals surface area contributed by atoms with Crippen LogP contribution in [-0.2, 0) is 9.53 Å². The van der Waals surface area contributed by atoms with Crippen molar-refractivity contribution in [1.82, 2.24) is 0 Å². The Morgan fingerprint density at radius 1 is 1.29 bits per heavy atom. The van der Waals surface area contributed by atoms with E-state index in [0.29, 0.717) is 0 Å². The molecule has 1 heterocycles. The topological polar surface area (TPSA) is 26.3 Å². The van der Waals surface area contributed by atoms with Gasteiger partial charge in [-0.05, 0) is 25.0 Å². The number of carbonyl (C=O) groups is 1. The normalized spacial score (nSPS) is 23.9. The molecule has 0 bridgehead atoms. The predicted molar refractivity (Wildman–Crippen MR) is 54.3 cm³/mol. The zero-order valence-electron chi connectivity index (χ0n) is 8.28. The minimum absolute atomic E-state index is 0.0739. The Morgan fingerprint density at radius 2 is 1.93 bits per heavy atom. The second-order valence-corrected chi connectivity index (χ2v) is 3.50. The summed E-state index contributed by atoms with van der Waals surface area (Å²) in [5.74, 6) is 0.603. The van der Waals surface area contributed by atoms with Crippen molar-refractivity contribution in [2.75, 3.05) is 0 Å². The molecule has 2 rings (SSSR count). The highest BCUT2D eigenvalue weighted by Crippen LogP contribution is 2.32. The molecule has 0 amide bonds. The van der Waals surface area contributed by atoms with Crippen molar-refractivity contribution >= 4 is 11.5 Å². The Morgan fingerprint density at radius 3 is 2.43 bits per heavy atom. The molecule has 1 aliphatic rings. The van der Waals surface area contributed by atoms with E-state index in [-0.39, 0.29) is 11.9 Å². The fourth-order valence-electron chi connectivity index (χ4n) is 1.57. The molecule has 1 saturated heterocycles. The van der Waals surface area contributed by atoms with Gasteiger partial charge in [0.25, 0.3) is 0 Å². The van der Waals surface area contributed by atoms with Crippen molar-refractivity contribution in [3.8, 4) is 0 Å². The minimum atomic E-state index is -0.129. The zero-order valence-corrected chi connectivity index (χ0v) is 8.28. The number of cyclic esters (lactones) is 1. The number of carbonyl (C=O) groups excluding carboxylic acids is 1. The summed E-state index contributed by atoms with van der Waals surface area (Å²) in [5.41, 5.74) is 2.17. The first kappa shape index (κ1) is 9.00. The summed E-state index contributed by atoms with van der Waals surface area (Å²) in [6.07, 6.45) is 0. The number of allylic oxidation sites excluding steroid dienone is 1. The Labute approximate surface area is 83.2 Å². The number of esters is 1. The largest absolute Gasteiger partial charge is 0.429 e. The van der Waals surface area contributed by atoms with E-state index in [1.807, 2.05) is 44.2 Å². The lowest BCUT2D eigenvalue weighted by Gasteiger charge is -2.26. The van der Waals surface area contributed by atoms with Gasteiger partial charge in [0.05, 0.1) is 0 Å². The van der Waals surface area contributed by atoms with Crippen LogP contribution in [0.5, 0.6) is 0 Å². The number of benzene rings is 1. The van der Waals surface area contributed by atoms with E-state index in [0.717, 1.165) is 16.9 Å². The highest BCUT2D eigenvalue weighted by molar-refractivity contribution is 5.87. The van der Waals surface area contributed by atoms with Gasteiger partial charge in [-0.25, -0.2) is 0 Å². The van der Waals surface area contributed by atoms with Gasteiger partial charge in [0.15, 0.2) is 0 Å². The third kappa shape index (κ3) is 1.33. The maximum atomic E-state index is 10.9. The van der Waals surface area contributed by atoms with Gasteiger partial charge in [-0.15, -0.1) is 0 Å². The van der Waals surface area contributed by atoms with E-state index in [4.69, 9.17) is 4.74 Å². The number of ether oxygens (including phenoxy) is 1. The highest BCUT2D eigenvalue weighted by atomic mass is 16.6. The lowest BCUT2D eigenvalue weighted by atomic mass is 9.96. The molecular weight excluding hydrogens is 176 g/mol. The molecule has 14 heavy (non-hydrogen) atoms. The molecule has 2 heteroatoms. The quantitative estimate of drug-likeness (QED) is 0.633. The molecule has 1 aromatic rings. The van der Waals surface area contributed by atoms with E-state index in [1.165, 1.54) is 0 Å². The summed E-state index contributed by atoms with van der Waals surface area (Å²) < 4.78 is 5.01. The lowest BCUT2D eigenvalue weighted by Crippen LogP contribution is -2.30. The first-order valence-electron chi connectivity index (χ1n) is 4.68. The predicted octanol–water partition coefficient (Wildman–Crippen LogP) is 2.61. The molecule has 0 spiro atoms. The number of rotatable bonds is 1. The zero-order chi connectivity index (χ0) is 10.1. The number of hydrogen-bond acceptors (Lipinski definition) is 2. The third-order valence-electron chi connectivity index (χ3n) is 2.53. The van der Waals surface area contributed by atoms with Crippen LogP contribution in [0.3, 0.4) is 0 Å². The first-order valence-corrected chi connectivity index (χ1v) is 4.68. The molecule has 1 atom stereocenters. The van der Waals surface area contributed by atoms with Crippen LogP contribution in [0.15, 0.2) is 36.1 Å². The van der Waals surface area contributed by atoms with E-state index < -0.39 is 0 Å². The van der Waals surface area contributed by atoms with Crippen molar-refractivity contribution in [2.45, 2.75) is 13.8 Å². The SMILES string of the molecule is C/C(=C1/OC(=O)[C@H]1C)c1ccccc1. The van der Waals surface area contributed by atoms with Gasteiger partial charge < -0.3 is 4.74 Å². The van der Waals surface area contributed by atoms with Gasteiger partial charge in [0, 0.05) is 0 Å². The van der Waals surface area contributed by atoms with Crippen LogP contribution in [0.4, 0.5) is 0 Å². The van der Waals surface area contributed by atoms with Gasteiger partial charge in [-0.2, -0.15) is 0 Å². The van der Waals surface area contributed by atoms with Crippen LogP contribution >= 0.6 is 0 Å². The average Bonchev–Trinajstić information content (AvgIpc) is 2.25. The number of hydrogen-bond donors (Lipinski definition) is 0. The summed E-state index contributed by atoms with van der Waals surface area (Å²) in [5, 5.41) is 0. The van der Waals surface area contributed by atoms with Crippen molar-refractivity contribution in [1.29, 1.82) is 0 Å². The van der Waals surface area contributed by atoms with E-state index in [2.05, 4.69) is 0 Å². The molecule has 0 radical (unpaired) electrons. The molecule has 1 aromatic carbocycles. The summed E-state index contributed by atoms with van der Waals surface area (Å²) in [6.45, 7) is 3.85. The standard InChI is InChI=1S/C12H12O2/c1-8(10-6-4-3-5-7-10)11-9(2)12(13)14-11/h3-7,9H,1-2H3/b11-8-/t9-/m0/s1. The fourth-order valence-corrected chi connectivity index (χ4v) is 1.57. The molecule has 0 saturated carbocycles. The lowest BCUT2D eigenvalue weighted by molar-refractivity contribution is -0.155. The molecule has 72 valence electrons. The maximum Gasteiger partial charge on any atom is 0.321 e. The van der Waals surface area contributed by atoms with Gasteiger partial charge in [-0.3, -0.25) is 4.79 Å². The summed E-state index contributed by atoms with van der Waals surface area (Å²) >= 11 is 0. The molecule has 0 unspecified atom stereocenters. The monoisotopic (exact) mass is 188 g/mol. The van der Waals surface area contributed by atoms with Gasteiger partial charge in [-0.1, -0.05) is 30.3 Å². The van der Waals surface area contributed by atoms with Crippen LogP contribution < -0.4 is 0 Å². The van der Waals surface area contributed by atoms with Gasteiger partial charge >= 0.3 is 5.97 Å². The summed E-state index contributed by atoms with van der Waals surface area (Å²) in [7, 11) is 0. The van der Waals surface area contributed by atoms with Crippen LogP contribution in [0.2, 0.25) is 0 Å². The Hall–Kier alpha value is -1.57. The Kier molecular flexibility index (Phi) is 2.12. The summed E-state index contributed by atoms with van der Waals surface area (Å²) in [4.78, 5) is 10.9. The highest BCUT2D eigenvalue weighted by Gasteiger charge is 2.34. The second kappa shape index (κ2) is 3.29. The van der Waals surface area contributed by atoms with Crippen LogP contribution in [0.1, 0.15) is 19.4 Å². The Bertz CT molecular complexity index is 390. The van der Waals surface area contributed by atoms with Gasteiger partial charge in [0.2, 0.25) is 0 Å². The maximum absolute atomic E-state index is 10.9. The molecule has 2 nitrogen and oxygen atoms in total. The smallest absolute Gasteiger partial charge is 0.321 e. The third-order valence-corrected chi connectivity index (χ3v) is 2.53. The van der Waals surface area contributed by atoms with E-state index >= 15 is 0 Å². The van der Waals surface area contributed by atoms with Crippen molar-refractivity contribution in [3.05, 3.63) is 41.7 Å². The van der Waals surface area contributed by atoms with Crippen molar-refractivity contribution < 1.29 is 9.53 Å². The molecule has 0 aromatic heterocycles. The summed E-state index contributed by atoms with van der Waals surface area (Å²) in [6, 6.07) is 9.95. The molecule has 1 aliphatic heterocycles. The average molecular weight is 188 g/mol. The van der Waals surface area contributed by atoms with Crippen LogP contribution in [0.25, 0.3) is 5.57 Å². The first-order chi connectivity index (χ1) is 6.70. The second-order valence-electron chi connectivity index (χ2n) is 3.50. The van der Waals surface area contributed by atoms with E-state index in [9.17, 15) is 4.79 Å². The molecule has 0 aliphatic carbocycles.